The van der Waals surface area contributed by atoms with Crippen molar-refractivity contribution in [3.8, 4) is 17.6 Å². The highest BCUT2D eigenvalue weighted by Gasteiger charge is 2.24. The first-order valence-electron chi connectivity index (χ1n) is 12.7. The number of allylic oxidation sites excluding steroid dienone is 1. The van der Waals surface area contributed by atoms with Crippen LogP contribution in [0.4, 0.5) is 5.69 Å². The number of amides is 1. The summed E-state index contributed by atoms with van der Waals surface area (Å²) in [7, 11) is 1.59. The number of carbonyl (C=O) groups is 1. The summed E-state index contributed by atoms with van der Waals surface area (Å²) in [6.07, 6.45) is 3.98. The van der Waals surface area contributed by atoms with Gasteiger partial charge in [0.2, 0.25) is 0 Å². The number of ether oxygens (including phenoxy) is 2. The molecule has 0 saturated carbocycles. The molecule has 4 rings (SSSR count). The molecule has 0 bridgehead atoms. The molecular formula is C32H33N3O3. The zero-order valence-electron chi connectivity index (χ0n) is 22.0. The lowest BCUT2D eigenvalue weighted by molar-refractivity contribution is -0.126. The summed E-state index contributed by atoms with van der Waals surface area (Å²) in [4.78, 5) is 17.2. The summed E-state index contributed by atoms with van der Waals surface area (Å²) in [6.45, 7) is 8.88. The van der Waals surface area contributed by atoms with Crippen LogP contribution in [0.2, 0.25) is 0 Å². The summed E-state index contributed by atoms with van der Waals surface area (Å²) in [6, 6.07) is 24.1. The second-order valence-electron chi connectivity index (χ2n) is 9.27. The number of nitriles is 1. The van der Waals surface area contributed by atoms with E-state index in [1.165, 1.54) is 5.56 Å². The molecule has 0 radical (unpaired) electrons. The third-order valence-corrected chi connectivity index (χ3v) is 6.55. The predicted octanol–water partition coefficient (Wildman–Crippen LogP) is 5.57. The van der Waals surface area contributed by atoms with Crippen molar-refractivity contribution in [1.29, 1.82) is 5.26 Å². The van der Waals surface area contributed by atoms with Gasteiger partial charge in [-0.3, -0.25) is 4.79 Å². The summed E-state index contributed by atoms with van der Waals surface area (Å²) >= 11 is 0. The first-order chi connectivity index (χ1) is 18.5. The largest absolute Gasteiger partial charge is 0.493 e. The summed E-state index contributed by atoms with van der Waals surface area (Å²) in [5.41, 5.74) is 5.04. The Hall–Kier alpha value is -4.50. The molecule has 6 heteroatoms. The van der Waals surface area contributed by atoms with Gasteiger partial charge in [0.15, 0.2) is 11.5 Å². The topological polar surface area (TPSA) is 65.8 Å². The van der Waals surface area contributed by atoms with Gasteiger partial charge in [-0.1, -0.05) is 54.1 Å². The Morgan fingerprint density at radius 3 is 2.47 bits per heavy atom. The minimum Gasteiger partial charge on any atom is -0.493 e. The average Bonchev–Trinajstić information content (AvgIpc) is 2.95. The van der Waals surface area contributed by atoms with Crippen molar-refractivity contribution < 1.29 is 14.3 Å². The molecule has 1 aliphatic heterocycles. The molecule has 1 amide bonds. The molecule has 1 heterocycles. The number of benzene rings is 3. The number of nitrogens with zero attached hydrogens (tertiary/aromatic N) is 3. The number of rotatable bonds is 9. The Balaban J connectivity index is 1.52. The van der Waals surface area contributed by atoms with Crippen molar-refractivity contribution in [2.45, 2.75) is 20.0 Å². The molecule has 0 aliphatic carbocycles. The van der Waals surface area contributed by atoms with Crippen LogP contribution in [-0.2, 0) is 17.8 Å². The Morgan fingerprint density at radius 1 is 1.05 bits per heavy atom. The van der Waals surface area contributed by atoms with E-state index in [0.29, 0.717) is 43.2 Å². The Bertz CT molecular complexity index is 1350. The number of hydrogen-bond acceptors (Lipinski definition) is 5. The van der Waals surface area contributed by atoms with Crippen molar-refractivity contribution >= 4 is 17.7 Å². The van der Waals surface area contributed by atoms with Crippen LogP contribution in [0, 0.1) is 18.3 Å². The lowest BCUT2D eigenvalue weighted by Gasteiger charge is -2.36. The second-order valence-corrected chi connectivity index (χ2v) is 9.27. The maximum Gasteiger partial charge on any atom is 0.264 e. The molecule has 3 aromatic rings. The van der Waals surface area contributed by atoms with Crippen LogP contribution in [0.1, 0.15) is 22.3 Å². The Kier molecular flexibility index (Phi) is 8.84. The van der Waals surface area contributed by atoms with E-state index in [4.69, 9.17) is 9.47 Å². The van der Waals surface area contributed by atoms with Crippen LogP contribution >= 0.6 is 0 Å². The molecule has 1 aliphatic rings. The fourth-order valence-electron chi connectivity index (χ4n) is 4.63. The number of aryl methyl sites for hydroxylation is 1. The quantitative estimate of drug-likeness (QED) is 0.215. The van der Waals surface area contributed by atoms with Gasteiger partial charge >= 0.3 is 0 Å². The van der Waals surface area contributed by atoms with E-state index in [0.717, 1.165) is 29.9 Å². The van der Waals surface area contributed by atoms with Gasteiger partial charge in [-0.25, -0.2) is 0 Å². The molecule has 38 heavy (non-hydrogen) atoms. The molecule has 6 nitrogen and oxygen atoms in total. The fourth-order valence-corrected chi connectivity index (χ4v) is 4.63. The van der Waals surface area contributed by atoms with Crippen LogP contribution in [0.3, 0.4) is 0 Å². The van der Waals surface area contributed by atoms with Crippen LogP contribution in [-0.4, -0.2) is 44.1 Å². The van der Waals surface area contributed by atoms with Crippen molar-refractivity contribution in [3.63, 3.8) is 0 Å². The van der Waals surface area contributed by atoms with Gasteiger partial charge in [-0.05, 0) is 54.8 Å². The molecule has 1 fully saturated rings. The van der Waals surface area contributed by atoms with Gasteiger partial charge in [0.05, 0.1) is 7.11 Å². The van der Waals surface area contributed by atoms with E-state index in [-0.39, 0.29) is 11.5 Å². The highest BCUT2D eigenvalue weighted by Crippen LogP contribution is 2.35. The summed E-state index contributed by atoms with van der Waals surface area (Å²) in [5.74, 6) is 0.918. The summed E-state index contributed by atoms with van der Waals surface area (Å²) in [5, 5.41) is 9.86. The van der Waals surface area contributed by atoms with Gasteiger partial charge in [0, 0.05) is 37.4 Å². The number of anilines is 1. The smallest absolute Gasteiger partial charge is 0.264 e. The minimum absolute atomic E-state index is 0.0956. The van der Waals surface area contributed by atoms with Crippen LogP contribution in [0.15, 0.2) is 85.0 Å². The van der Waals surface area contributed by atoms with Crippen molar-refractivity contribution in [1.82, 2.24) is 4.90 Å². The Morgan fingerprint density at radius 2 is 1.82 bits per heavy atom. The fraction of sp³-hybridized carbons (Fsp3) is 0.250. The molecule has 1 saturated heterocycles. The van der Waals surface area contributed by atoms with Gasteiger partial charge in [0.25, 0.3) is 5.91 Å². The van der Waals surface area contributed by atoms with E-state index in [1.807, 2.05) is 49.4 Å². The molecule has 0 N–H and O–H groups in total. The standard InChI is InChI=1S/C32H33N3O3/c1-4-9-27-19-26(21-30(37-3)31(27)38-23-25-11-8-10-24(2)18-25)20-28(22-33)32(36)35-16-14-34(15-17-35)29-12-6-5-7-13-29/h4-8,10-13,18-21H,1,9,14-17,23H2,2-3H3/b28-20-. The number of methoxy groups -OCH3 is 1. The molecule has 0 aromatic heterocycles. The Labute approximate surface area is 225 Å². The predicted molar refractivity (Wildman–Crippen MR) is 151 cm³/mol. The van der Waals surface area contributed by atoms with Crippen molar-refractivity contribution in [2.24, 2.45) is 0 Å². The highest BCUT2D eigenvalue weighted by molar-refractivity contribution is 6.02. The lowest BCUT2D eigenvalue weighted by Crippen LogP contribution is -2.49. The third kappa shape index (κ3) is 6.43. The monoisotopic (exact) mass is 507 g/mol. The minimum atomic E-state index is -0.260. The maximum absolute atomic E-state index is 13.2. The van der Waals surface area contributed by atoms with Crippen molar-refractivity contribution in [3.05, 3.63) is 107 Å². The van der Waals surface area contributed by atoms with Crippen LogP contribution < -0.4 is 14.4 Å². The molecule has 3 aromatic carbocycles. The van der Waals surface area contributed by atoms with Crippen LogP contribution in [0.5, 0.6) is 11.5 Å². The molecular weight excluding hydrogens is 474 g/mol. The zero-order valence-corrected chi connectivity index (χ0v) is 22.0. The zero-order chi connectivity index (χ0) is 26.9. The van der Waals surface area contributed by atoms with Crippen molar-refractivity contribution in [2.75, 3.05) is 38.2 Å². The first kappa shape index (κ1) is 26.6. The number of piperazine rings is 1. The molecule has 194 valence electrons. The molecule has 0 unspecified atom stereocenters. The number of hydrogen-bond donors (Lipinski definition) is 0. The van der Waals surface area contributed by atoms with E-state index >= 15 is 0 Å². The van der Waals surface area contributed by atoms with E-state index in [2.05, 4.69) is 35.7 Å². The lowest BCUT2D eigenvalue weighted by atomic mass is 10.0. The van der Waals surface area contributed by atoms with Gasteiger partial charge in [-0.2, -0.15) is 5.26 Å². The van der Waals surface area contributed by atoms with E-state index in [1.54, 1.807) is 30.2 Å². The number of para-hydroxylation sites is 1. The van der Waals surface area contributed by atoms with Gasteiger partial charge in [-0.15, -0.1) is 6.58 Å². The highest BCUT2D eigenvalue weighted by atomic mass is 16.5. The third-order valence-electron chi connectivity index (χ3n) is 6.55. The van der Waals surface area contributed by atoms with Gasteiger partial charge < -0.3 is 19.3 Å². The molecule has 0 atom stereocenters. The average molecular weight is 508 g/mol. The first-order valence-corrected chi connectivity index (χ1v) is 12.7. The second kappa shape index (κ2) is 12.6. The SMILES string of the molecule is C=CCc1cc(/C=C(/C#N)C(=O)N2CCN(c3ccccc3)CC2)cc(OC)c1OCc1cccc(C)c1. The molecule has 0 spiro atoms. The maximum atomic E-state index is 13.2. The summed E-state index contributed by atoms with van der Waals surface area (Å²) < 4.78 is 11.8. The number of carbonyl (C=O) groups excluding carboxylic acids is 1. The van der Waals surface area contributed by atoms with Crippen LogP contribution in [0.25, 0.3) is 6.08 Å². The van der Waals surface area contributed by atoms with E-state index in [9.17, 15) is 10.1 Å². The van der Waals surface area contributed by atoms with Gasteiger partial charge in [0.1, 0.15) is 18.2 Å². The normalized spacial score (nSPS) is 13.6. The van der Waals surface area contributed by atoms with E-state index < -0.39 is 0 Å².